The first-order valence-corrected chi connectivity index (χ1v) is 8.35. The second-order valence-corrected chi connectivity index (χ2v) is 6.69. The second kappa shape index (κ2) is 6.95. The highest BCUT2D eigenvalue weighted by molar-refractivity contribution is 9.10. The zero-order valence-electron chi connectivity index (χ0n) is 12.8. The number of benzene rings is 1. The smallest absolute Gasteiger partial charge is 0.0774 e. The van der Waals surface area contributed by atoms with E-state index in [1.807, 2.05) is 23.9 Å². The Labute approximate surface area is 139 Å². The highest BCUT2D eigenvalue weighted by atomic mass is 79.9. The van der Waals surface area contributed by atoms with Crippen molar-refractivity contribution in [3.05, 3.63) is 50.7 Å². The van der Waals surface area contributed by atoms with E-state index in [0.29, 0.717) is 0 Å². The fourth-order valence-corrected chi connectivity index (χ4v) is 3.30. The number of hydrogen-bond donors (Lipinski definition) is 1. The van der Waals surface area contributed by atoms with Crippen molar-refractivity contribution in [1.29, 1.82) is 0 Å². The molecule has 1 aromatic carbocycles. The highest BCUT2D eigenvalue weighted by Gasteiger charge is 2.24. The molecule has 0 aliphatic carbocycles. The molecule has 2 rings (SSSR count). The van der Waals surface area contributed by atoms with Gasteiger partial charge in [-0.05, 0) is 60.4 Å². The first-order chi connectivity index (χ1) is 9.95. The Morgan fingerprint density at radius 1 is 1.38 bits per heavy atom. The van der Waals surface area contributed by atoms with E-state index in [-0.39, 0.29) is 12.1 Å². The Balaban J connectivity index is 2.56. The van der Waals surface area contributed by atoms with E-state index in [4.69, 9.17) is 11.6 Å². The van der Waals surface area contributed by atoms with E-state index < -0.39 is 0 Å². The molecule has 0 saturated carbocycles. The molecule has 0 aliphatic heterocycles. The summed E-state index contributed by atoms with van der Waals surface area (Å²) in [5.74, 6) is 0. The average molecular weight is 371 g/mol. The lowest BCUT2D eigenvalue weighted by molar-refractivity contribution is 0.475. The molecule has 21 heavy (non-hydrogen) atoms. The number of hydrogen-bond acceptors (Lipinski definition) is 2. The third-order valence-corrected chi connectivity index (χ3v) is 4.36. The predicted octanol–water partition coefficient (Wildman–Crippen LogP) is 4.89. The van der Waals surface area contributed by atoms with Crippen LogP contribution in [-0.2, 0) is 0 Å². The Hall–Kier alpha value is -0.840. The Bertz CT molecular complexity index is 622. The van der Waals surface area contributed by atoms with E-state index in [1.54, 1.807) is 0 Å². The number of halogens is 2. The quantitative estimate of drug-likeness (QED) is 0.812. The summed E-state index contributed by atoms with van der Waals surface area (Å²) in [7, 11) is 0. The van der Waals surface area contributed by atoms with E-state index in [1.165, 1.54) is 0 Å². The maximum Gasteiger partial charge on any atom is 0.0774 e. The summed E-state index contributed by atoms with van der Waals surface area (Å²) in [6, 6.07) is 6.50. The third-order valence-electron chi connectivity index (χ3n) is 3.42. The van der Waals surface area contributed by atoms with Gasteiger partial charge in [0.1, 0.15) is 0 Å². The van der Waals surface area contributed by atoms with E-state index in [2.05, 4.69) is 59.2 Å². The van der Waals surface area contributed by atoms with Crippen LogP contribution in [0.5, 0.6) is 0 Å². The van der Waals surface area contributed by atoms with E-state index in [9.17, 15) is 0 Å². The highest BCUT2D eigenvalue weighted by Crippen LogP contribution is 2.34. The second-order valence-electron chi connectivity index (χ2n) is 5.43. The summed E-state index contributed by atoms with van der Waals surface area (Å²) in [4.78, 5) is 0. The average Bonchev–Trinajstić information content (AvgIpc) is 2.79. The monoisotopic (exact) mass is 369 g/mol. The van der Waals surface area contributed by atoms with Crippen molar-refractivity contribution in [2.75, 3.05) is 6.54 Å². The number of aryl methyl sites for hydroxylation is 1. The predicted molar refractivity (Wildman–Crippen MR) is 92.0 cm³/mol. The van der Waals surface area contributed by atoms with Gasteiger partial charge in [0, 0.05) is 11.1 Å². The maximum atomic E-state index is 6.48. The molecule has 1 atom stereocenters. The number of nitrogens with one attached hydrogen (secondary N) is 1. The van der Waals surface area contributed by atoms with E-state index in [0.717, 1.165) is 32.9 Å². The number of nitrogens with zero attached hydrogens (tertiary/aromatic N) is 2. The molecule has 0 radical (unpaired) electrons. The van der Waals surface area contributed by atoms with Crippen LogP contribution < -0.4 is 5.32 Å². The summed E-state index contributed by atoms with van der Waals surface area (Å²) in [5, 5.41) is 8.78. The summed E-state index contributed by atoms with van der Waals surface area (Å²) < 4.78 is 3.03. The molecule has 114 valence electrons. The topological polar surface area (TPSA) is 29.9 Å². The Morgan fingerprint density at radius 2 is 2.10 bits per heavy atom. The standard InChI is InChI=1S/C16H21BrClN3/c1-5-19-15(12-7-6-11(4)8-14(12)18)16-13(17)9-20-21(16)10(2)3/h6-10,15,19H,5H2,1-4H3. The normalized spacial score (nSPS) is 12.9. The van der Waals surface area contributed by atoms with Crippen LogP contribution in [0.15, 0.2) is 28.9 Å². The fourth-order valence-electron chi connectivity index (χ4n) is 2.46. The summed E-state index contributed by atoms with van der Waals surface area (Å²) in [5.41, 5.74) is 3.35. The molecule has 0 saturated heterocycles. The molecule has 0 amide bonds. The molecule has 0 bridgehead atoms. The minimum Gasteiger partial charge on any atom is -0.305 e. The molecule has 1 unspecified atom stereocenters. The summed E-state index contributed by atoms with van der Waals surface area (Å²) in [6.45, 7) is 9.25. The van der Waals surface area contributed by atoms with Crippen LogP contribution >= 0.6 is 27.5 Å². The van der Waals surface area contributed by atoms with Crippen LogP contribution in [0.4, 0.5) is 0 Å². The van der Waals surface area contributed by atoms with Gasteiger partial charge in [-0.15, -0.1) is 0 Å². The van der Waals surface area contributed by atoms with Gasteiger partial charge >= 0.3 is 0 Å². The van der Waals surface area contributed by atoms with Gasteiger partial charge in [-0.1, -0.05) is 30.7 Å². The fraction of sp³-hybridized carbons (Fsp3) is 0.438. The first kappa shape index (κ1) is 16.5. The number of aromatic nitrogens is 2. The molecular formula is C16H21BrClN3. The van der Waals surface area contributed by atoms with Gasteiger partial charge < -0.3 is 5.32 Å². The van der Waals surface area contributed by atoms with Crippen molar-refractivity contribution in [3.8, 4) is 0 Å². The first-order valence-electron chi connectivity index (χ1n) is 7.18. The molecule has 0 fully saturated rings. The lowest BCUT2D eigenvalue weighted by Crippen LogP contribution is -2.26. The van der Waals surface area contributed by atoms with Gasteiger partial charge in [-0.2, -0.15) is 5.10 Å². The lowest BCUT2D eigenvalue weighted by atomic mass is 10.0. The molecule has 5 heteroatoms. The Morgan fingerprint density at radius 3 is 2.67 bits per heavy atom. The van der Waals surface area contributed by atoms with Crippen molar-refractivity contribution in [2.45, 2.75) is 39.8 Å². The van der Waals surface area contributed by atoms with Crippen molar-refractivity contribution in [2.24, 2.45) is 0 Å². The van der Waals surface area contributed by atoms with Crippen molar-refractivity contribution >= 4 is 27.5 Å². The lowest BCUT2D eigenvalue weighted by Gasteiger charge is -2.23. The Kier molecular flexibility index (Phi) is 5.47. The summed E-state index contributed by atoms with van der Waals surface area (Å²) >= 11 is 10.1. The minimum atomic E-state index is 0.0161. The van der Waals surface area contributed by atoms with Gasteiger partial charge in [0.05, 0.1) is 22.4 Å². The SMILES string of the molecule is CCNC(c1ccc(C)cc1Cl)c1c(Br)cnn1C(C)C. The van der Waals surface area contributed by atoms with Crippen molar-refractivity contribution in [3.63, 3.8) is 0 Å². The van der Waals surface area contributed by atoms with Crippen molar-refractivity contribution in [1.82, 2.24) is 15.1 Å². The minimum absolute atomic E-state index is 0.0161. The van der Waals surface area contributed by atoms with Crippen LogP contribution in [0.2, 0.25) is 5.02 Å². The van der Waals surface area contributed by atoms with Crippen LogP contribution in [0.1, 0.15) is 49.7 Å². The zero-order chi connectivity index (χ0) is 15.6. The molecule has 0 aliphatic rings. The molecule has 1 aromatic heterocycles. The molecule has 1 heterocycles. The maximum absolute atomic E-state index is 6.48. The van der Waals surface area contributed by atoms with Crippen LogP contribution in [-0.4, -0.2) is 16.3 Å². The zero-order valence-corrected chi connectivity index (χ0v) is 15.2. The largest absolute Gasteiger partial charge is 0.305 e. The summed E-state index contributed by atoms with van der Waals surface area (Å²) in [6.07, 6.45) is 1.85. The molecule has 1 N–H and O–H groups in total. The van der Waals surface area contributed by atoms with Crippen LogP contribution in [0, 0.1) is 6.92 Å². The van der Waals surface area contributed by atoms with Crippen LogP contribution in [0.3, 0.4) is 0 Å². The van der Waals surface area contributed by atoms with Gasteiger partial charge in [0.2, 0.25) is 0 Å². The molecule has 3 nitrogen and oxygen atoms in total. The van der Waals surface area contributed by atoms with Gasteiger partial charge in [-0.25, -0.2) is 0 Å². The van der Waals surface area contributed by atoms with Crippen LogP contribution in [0.25, 0.3) is 0 Å². The van der Waals surface area contributed by atoms with Crippen molar-refractivity contribution < 1.29 is 0 Å². The van der Waals surface area contributed by atoms with Gasteiger partial charge in [-0.3, -0.25) is 4.68 Å². The van der Waals surface area contributed by atoms with Gasteiger partial charge in [0.15, 0.2) is 0 Å². The van der Waals surface area contributed by atoms with Gasteiger partial charge in [0.25, 0.3) is 0 Å². The van der Waals surface area contributed by atoms with E-state index >= 15 is 0 Å². The molecule has 0 spiro atoms. The molecule has 2 aromatic rings. The third kappa shape index (κ3) is 3.50. The molecular weight excluding hydrogens is 350 g/mol. The number of rotatable bonds is 5.